The zero-order chi connectivity index (χ0) is 16.6. The number of ketones is 1. The fourth-order valence-corrected chi connectivity index (χ4v) is 2.78. The number of Topliss-reactive ketones (excluding diaryl/α,β-unsaturated/α-hetero) is 1. The summed E-state index contributed by atoms with van der Waals surface area (Å²) in [6.45, 7) is 3.52. The van der Waals surface area contributed by atoms with Crippen LogP contribution in [-0.2, 0) is 0 Å². The molecule has 1 heterocycles. The molecule has 5 heteroatoms. The molecule has 0 aliphatic rings. The van der Waals surface area contributed by atoms with Gasteiger partial charge in [0.05, 0.1) is 5.02 Å². The molecular formula is C18H15ClFNO2. The van der Waals surface area contributed by atoms with E-state index in [0.717, 1.165) is 16.6 Å². The van der Waals surface area contributed by atoms with Gasteiger partial charge >= 0.3 is 0 Å². The molecule has 0 aliphatic heterocycles. The number of fused-ring (bicyclic) bond motifs is 1. The van der Waals surface area contributed by atoms with Crippen LogP contribution in [0.4, 0.5) is 4.39 Å². The summed E-state index contributed by atoms with van der Waals surface area (Å²) in [5.41, 5.74) is 2.32. The number of H-pyrrole nitrogens is 1. The number of nitrogens with one attached hydrogen (secondary N) is 1. The third-order valence-electron chi connectivity index (χ3n) is 3.71. The lowest BCUT2D eigenvalue weighted by atomic mass is 10.0. The van der Waals surface area contributed by atoms with Crippen LogP contribution in [-0.4, -0.2) is 16.9 Å². The molecule has 0 saturated carbocycles. The third kappa shape index (κ3) is 2.94. The minimum Gasteiger partial charge on any atom is -0.483 e. The van der Waals surface area contributed by atoms with Gasteiger partial charge in [-0.3, -0.25) is 4.79 Å². The minimum absolute atomic E-state index is 0.0366. The molecule has 0 radical (unpaired) electrons. The smallest absolute Gasteiger partial charge is 0.205 e. The van der Waals surface area contributed by atoms with Gasteiger partial charge in [0, 0.05) is 28.2 Å². The van der Waals surface area contributed by atoms with Gasteiger partial charge in [0.15, 0.2) is 6.10 Å². The van der Waals surface area contributed by atoms with E-state index < -0.39 is 11.9 Å². The van der Waals surface area contributed by atoms with Crippen molar-refractivity contribution in [3.8, 4) is 5.75 Å². The van der Waals surface area contributed by atoms with Gasteiger partial charge in [-0.1, -0.05) is 29.8 Å². The molecule has 0 bridgehead atoms. The average Bonchev–Trinajstić information content (AvgIpc) is 2.86. The standard InChI is InChI=1S/C18H15ClFNO2/c1-10-17(13-5-3-4-6-16(13)21-10)18(22)11(2)23-12-7-8-15(20)14(19)9-12/h3-9,11,21H,1-2H3/t11-/m0/s1. The van der Waals surface area contributed by atoms with E-state index in [9.17, 15) is 9.18 Å². The zero-order valence-electron chi connectivity index (χ0n) is 12.7. The Hall–Kier alpha value is -2.33. The normalized spacial score (nSPS) is 12.3. The molecule has 3 rings (SSSR count). The molecule has 0 fully saturated rings. The van der Waals surface area contributed by atoms with E-state index in [-0.39, 0.29) is 10.8 Å². The first kappa shape index (κ1) is 15.6. The van der Waals surface area contributed by atoms with Crippen LogP contribution in [0.25, 0.3) is 10.9 Å². The van der Waals surface area contributed by atoms with Crippen molar-refractivity contribution in [2.24, 2.45) is 0 Å². The molecule has 0 spiro atoms. The summed E-state index contributed by atoms with van der Waals surface area (Å²) in [6, 6.07) is 11.6. The number of benzene rings is 2. The van der Waals surface area contributed by atoms with Gasteiger partial charge in [0.25, 0.3) is 0 Å². The van der Waals surface area contributed by atoms with Gasteiger partial charge < -0.3 is 9.72 Å². The Kier molecular flexibility index (Phi) is 4.09. The summed E-state index contributed by atoms with van der Waals surface area (Å²) < 4.78 is 18.8. The maximum absolute atomic E-state index is 13.2. The number of rotatable bonds is 4. The van der Waals surface area contributed by atoms with Gasteiger partial charge in [-0.25, -0.2) is 4.39 Å². The number of para-hydroxylation sites is 1. The molecule has 0 unspecified atom stereocenters. The summed E-state index contributed by atoms with van der Waals surface area (Å²) in [7, 11) is 0. The van der Waals surface area contributed by atoms with Gasteiger partial charge in [-0.15, -0.1) is 0 Å². The van der Waals surface area contributed by atoms with E-state index in [2.05, 4.69) is 4.98 Å². The molecule has 0 aliphatic carbocycles. The van der Waals surface area contributed by atoms with Crippen molar-refractivity contribution < 1.29 is 13.9 Å². The lowest BCUT2D eigenvalue weighted by Crippen LogP contribution is -2.24. The maximum Gasteiger partial charge on any atom is 0.205 e. The average molecular weight is 332 g/mol. The largest absolute Gasteiger partial charge is 0.483 e. The van der Waals surface area contributed by atoms with E-state index >= 15 is 0 Å². The van der Waals surface area contributed by atoms with E-state index in [4.69, 9.17) is 16.3 Å². The summed E-state index contributed by atoms with van der Waals surface area (Å²) in [6.07, 6.45) is -0.713. The van der Waals surface area contributed by atoms with Crippen LogP contribution in [0.1, 0.15) is 23.0 Å². The van der Waals surface area contributed by atoms with Crippen molar-refractivity contribution in [2.45, 2.75) is 20.0 Å². The van der Waals surface area contributed by atoms with E-state index in [1.807, 2.05) is 31.2 Å². The van der Waals surface area contributed by atoms with E-state index in [0.29, 0.717) is 11.3 Å². The van der Waals surface area contributed by atoms with Crippen molar-refractivity contribution in [1.82, 2.24) is 4.98 Å². The summed E-state index contributed by atoms with van der Waals surface area (Å²) >= 11 is 5.73. The molecule has 3 aromatic rings. The first-order valence-electron chi connectivity index (χ1n) is 7.20. The van der Waals surface area contributed by atoms with Crippen LogP contribution >= 0.6 is 11.6 Å². The minimum atomic E-state index is -0.713. The summed E-state index contributed by atoms with van der Waals surface area (Å²) in [5.74, 6) is -0.305. The molecule has 1 aromatic heterocycles. The number of aromatic amines is 1. The number of aryl methyl sites for hydroxylation is 1. The van der Waals surface area contributed by atoms with Crippen LogP contribution < -0.4 is 4.74 Å². The number of carbonyl (C=O) groups is 1. The lowest BCUT2D eigenvalue weighted by molar-refractivity contribution is 0.0819. The molecule has 0 saturated heterocycles. The van der Waals surface area contributed by atoms with E-state index in [1.165, 1.54) is 18.2 Å². The van der Waals surface area contributed by atoms with Crippen LogP contribution in [0.15, 0.2) is 42.5 Å². The molecular weight excluding hydrogens is 317 g/mol. The Balaban J connectivity index is 1.89. The van der Waals surface area contributed by atoms with E-state index in [1.54, 1.807) is 6.92 Å². The molecule has 23 heavy (non-hydrogen) atoms. The third-order valence-corrected chi connectivity index (χ3v) is 4.00. The first-order chi connectivity index (χ1) is 11.0. The Bertz CT molecular complexity index is 888. The highest BCUT2D eigenvalue weighted by molar-refractivity contribution is 6.30. The Labute approximate surface area is 138 Å². The van der Waals surface area contributed by atoms with Crippen LogP contribution in [0.5, 0.6) is 5.75 Å². The first-order valence-corrected chi connectivity index (χ1v) is 7.58. The number of ether oxygens (including phenoxy) is 1. The van der Waals surface area contributed by atoms with Gasteiger partial charge in [-0.2, -0.15) is 0 Å². The number of halogens is 2. The predicted molar refractivity (Wildman–Crippen MR) is 88.9 cm³/mol. The fraction of sp³-hybridized carbons (Fsp3) is 0.167. The summed E-state index contributed by atoms with van der Waals surface area (Å²) in [5, 5.41) is 0.827. The molecule has 0 amide bonds. The number of hydrogen-bond acceptors (Lipinski definition) is 2. The number of hydrogen-bond donors (Lipinski definition) is 1. The van der Waals surface area contributed by atoms with Crippen molar-refractivity contribution >= 4 is 28.3 Å². The Morgan fingerprint density at radius 2 is 2.00 bits per heavy atom. The topological polar surface area (TPSA) is 42.1 Å². The second-order valence-corrected chi connectivity index (χ2v) is 5.78. The van der Waals surface area contributed by atoms with Gasteiger partial charge in [0.2, 0.25) is 5.78 Å². The molecule has 1 N–H and O–H groups in total. The van der Waals surface area contributed by atoms with Crippen molar-refractivity contribution in [3.05, 3.63) is 64.6 Å². The quantitative estimate of drug-likeness (QED) is 0.689. The molecule has 2 aromatic carbocycles. The second-order valence-electron chi connectivity index (χ2n) is 5.37. The van der Waals surface area contributed by atoms with Crippen molar-refractivity contribution in [3.63, 3.8) is 0 Å². The summed E-state index contributed by atoms with van der Waals surface area (Å²) in [4.78, 5) is 15.9. The lowest BCUT2D eigenvalue weighted by Gasteiger charge is -2.14. The maximum atomic E-state index is 13.2. The van der Waals surface area contributed by atoms with Crippen LogP contribution in [0, 0.1) is 12.7 Å². The Morgan fingerprint density at radius 3 is 2.74 bits per heavy atom. The second kappa shape index (κ2) is 6.05. The molecule has 118 valence electrons. The number of aromatic nitrogens is 1. The monoisotopic (exact) mass is 331 g/mol. The number of carbonyl (C=O) groups excluding carboxylic acids is 1. The highest BCUT2D eigenvalue weighted by atomic mass is 35.5. The van der Waals surface area contributed by atoms with Crippen LogP contribution in [0.2, 0.25) is 5.02 Å². The highest BCUT2D eigenvalue weighted by Gasteiger charge is 2.23. The van der Waals surface area contributed by atoms with Crippen molar-refractivity contribution in [1.29, 1.82) is 0 Å². The predicted octanol–water partition coefficient (Wildman–Crippen LogP) is 4.92. The van der Waals surface area contributed by atoms with Crippen molar-refractivity contribution in [2.75, 3.05) is 0 Å². The zero-order valence-corrected chi connectivity index (χ0v) is 13.4. The van der Waals surface area contributed by atoms with Gasteiger partial charge in [0.1, 0.15) is 11.6 Å². The molecule has 3 nitrogen and oxygen atoms in total. The van der Waals surface area contributed by atoms with Crippen LogP contribution in [0.3, 0.4) is 0 Å². The Morgan fingerprint density at radius 1 is 1.26 bits per heavy atom. The molecule has 1 atom stereocenters. The highest BCUT2D eigenvalue weighted by Crippen LogP contribution is 2.26. The fourth-order valence-electron chi connectivity index (χ4n) is 2.61. The van der Waals surface area contributed by atoms with Gasteiger partial charge in [-0.05, 0) is 32.0 Å². The SMILES string of the molecule is Cc1[nH]c2ccccc2c1C(=O)[C@H](C)Oc1ccc(F)c(Cl)c1.